The molecule has 0 aliphatic rings. The van der Waals surface area contributed by atoms with Gasteiger partial charge in [0.05, 0.1) is 13.0 Å². The third-order valence-electron chi connectivity index (χ3n) is 4.73. The molecule has 2 rings (SSSR count). The summed E-state index contributed by atoms with van der Waals surface area (Å²) in [7, 11) is 0. The van der Waals surface area contributed by atoms with Gasteiger partial charge in [-0.1, -0.05) is 64.0 Å². The molecule has 1 aromatic heterocycles. The molecule has 0 radical (unpaired) electrons. The summed E-state index contributed by atoms with van der Waals surface area (Å²) >= 11 is 0. The molecule has 0 saturated carbocycles. The minimum absolute atomic E-state index is 0.103. The van der Waals surface area contributed by atoms with Crippen molar-refractivity contribution in [3.8, 4) is 0 Å². The molecule has 0 bridgehead atoms. The smallest absolute Gasteiger partial charge is 0.310 e. The van der Waals surface area contributed by atoms with Gasteiger partial charge in [0.1, 0.15) is 0 Å². The lowest BCUT2D eigenvalue weighted by Crippen LogP contribution is -2.10. The Balaban J connectivity index is 1.91. The number of hydrogen-bond acceptors (Lipinski definition) is 2. The molecule has 1 N–H and O–H groups in total. The lowest BCUT2D eigenvalue weighted by Gasteiger charge is -2.07. The standard InChI is InChI=1S/C22H33NO2/c1-4-6-7-8-9-10-14-25-22(24)16-19-18-15-17(3)12-13-21(18)23-20(19)11-5-2/h12-13,15,23H,4-11,14,16H2,1-3H3. The number of rotatable bonds is 11. The number of ether oxygens (including phenoxy) is 1. The minimum Gasteiger partial charge on any atom is -0.465 e. The Morgan fingerprint density at radius 3 is 2.56 bits per heavy atom. The van der Waals surface area contributed by atoms with E-state index in [1.54, 1.807) is 0 Å². The lowest BCUT2D eigenvalue weighted by molar-refractivity contribution is -0.142. The quantitative estimate of drug-likeness (QED) is 0.409. The molecule has 0 unspecified atom stereocenters. The highest BCUT2D eigenvalue weighted by Gasteiger charge is 2.15. The van der Waals surface area contributed by atoms with Crippen LogP contribution in [0.2, 0.25) is 0 Å². The Morgan fingerprint density at radius 1 is 1.04 bits per heavy atom. The van der Waals surface area contributed by atoms with Crippen LogP contribution in [0, 0.1) is 6.92 Å². The SMILES string of the molecule is CCCCCCCCOC(=O)Cc1c(CCC)[nH]c2ccc(C)cc12. The number of benzene rings is 1. The number of aromatic amines is 1. The largest absolute Gasteiger partial charge is 0.465 e. The molecule has 0 saturated heterocycles. The van der Waals surface area contributed by atoms with Gasteiger partial charge in [0.2, 0.25) is 0 Å². The maximum atomic E-state index is 12.3. The van der Waals surface area contributed by atoms with E-state index in [4.69, 9.17) is 4.74 Å². The van der Waals surface area contributed by atoms with E-state index in [0.29, 0.717) is 13.0 Å². The zero-order valence-electron chi connectivity index (χ0n) is 16.1. The number of H-pyrrole nitrogens is 1. The molecule has 3 heteroatoms. The van der Waals surface area contributed by atoms with Crippen LogP contribution in [-0.2, 0) is 22.4 Å². The third-order valence-corrected chi connectivity index (χ3v) is 4.73. The molecule has 1 aromatic carbocycles. The molecule has 25 heavy (non-hydrogen) atoms. The van der Waals surface area contributed by atoms with Crippen molar-refractivity contribution in [1.29, 1.82) is 0 Å². The number of esters is 1. The summed E-state index contributed by atoms with van der Waals surface area (Å²) in [5.74, 6) is -0.103. The van der Waals surface area contributed by atoms with E-state index in [0.717, 1.165) is 36.8 Å². The van der Waals surface area contributed by atoms with Crippen LogP contribution in [0.5, 0.6) is 0 Å². The average molecular weight is 344 g/mol. The van der Waals surface area contributed by atoms with Gasteiger partial charge in [0, 0.05) is 16.6 Å². The van der Waals surface area contributed by atoms with Gasteiger partial charge in [-0.3, -0.25) is 4.79 Å². The Morgan fingerprint density at radius 2 is 1.80 bits per heavy atom. The molecular weight excluding hydrogens is 310 g/mol. The van der Waals surface area contributed by atoms with Gasteiger partial charge >= 0.3 is 5.97 Å². The normalized spacial score (nSPS) is 11.2. The Hall–Kier alpha value is -1.77. The van der Waals surface area contributed by atoms with Gasteiger partial charge in [-0.15, -0.1) is 0 Å². The first-order valence-electron chi connectivity index (χ1n) is 9.91. The number of carbonyl (C=O) groups excluding carboxylic acids is 1. The number of fused-ring (bicyclic) bond motifs is 1. The van der Waals surface area contributed by atoms with Crippen LogP contribution in [0.4, 0.5) is 0 Å². The second-order valence-corrected chi connectivity index (χ2v) is 7.05. The number of nitrogens with one attached hydrogen (secondary N) is 1. The summed E-state index contributed by atoms with van der Waals surface area (Å²) in [6.07, 6.45) is 9.63. The first-order chi connectivity index (χ1) is 12.2. The van der Waals surface area contributed by atoms with Gasteiger partial charge < -0.3 is 9.72 Å². The maximum absolute atomic E-state index is 12.3. The van der Waals surface area contributed by atoms with Crippen LogP contribution in [0.3, 0.4) is 0 Å². The molecule has 2 aromatic rings. The summed E-state index contributed by atoms with van der Waals surface area (Å²) in [5, 5.41) is 1.17. The van der Waals surface area contributed by atoms with E-state index in [2.05, 4.69) is 44.0 Å². The predicted molar refractivity (Wildman–Crippen MR) is 105 cm³/mol. The van der Waals surface area contributed by atoms with Crippen molar-refractivity contribution in [3.63, 3.8) is 0 Å². The van der Waals surface area contributed by atoms with Crippen molar-refractivity contribution in [2.24, 2.45) is 0 Å². The number of aryl methyl sites for hydroxylation is 2. The second-order valence-electron chi connectivity index (χ2n) is 7.05. The van der Waals surface area contributed by atoms with Crippen LogP contribution < -0.4 is 0 Å². The minimum atomic E-state index is -0.103. The van der Waals surface area contributed by atoms with Crippen LogP contribution in [0.1, 0.15) is 75.6 Å². The first-order valence-corrected chi connectivity index (χ1v) is 9.91. The first kappa shape index (κ1) is 19.6. The van der Waals surface area contributed by atoms with Crippen molar-refractivity contribution in [3.05, 3.63) is 35.0 Å². The second kappa shape index (κ2) is 10.3. The summed E-state index contributed by atoms with van der Waals surface area (Å²) in [6, 6.07) is 6.38. The van der Waals surface area contributed by atoms with Crippen molar-refractivity contribution >= 4 is 16.9 Å². The summed E-state index contributed by atoms with van der Waals surface area (Å²) < 4.78 is 5.48. The van der Waals surface area contributed by atoms with Crippen molar-refractivity contribution in [2.45, 2.75) is 78.6 Å². The summed E-state index contributed by atoms with van der Waals surface area (Å²) in [5.41, 5.74) is 4.64. The number of unbranched alkanes of at least 4 members (excludes halogenated alkanes) is 5. The monoisotopic (exact) mass is 343 g/mol. The van der Waals surface area contributed by atoms with Gasteiger partial charge in [-0.2, -0.15) is 0 Å². The summed E-state index contributed by atoms with van der Waals surface area (Å²) in [4.78, 5) is 15.8. The van der Waals surface area contributed by atoms with E-state index in [-0.39, 0.29) is 5.97 Å². The van der Waals surface area contributed by atoms with E-state index in [1.165, 1.54) is 42.3 Å². The topological polar surface area (TPSA) is 42.1 Å². The Labute approximate surface area is 152 Å². The molecule has 0 aliphatic carbocycles. The molecule has 0 atom stereocenters. The summed E-state index contributed by atoms with van der Waals surface area (Å²) in [6.45, 7) is 7.03. The maximum Gasteiger partial charge on any atom is 0.310 e. The van der Waals surface area contributed by atoms with Crippen molar-refractivity contribution in [2.75, 3.05) is 6.61 Å². The molecule has 0 fully saturated rings. The zero-order valence-corrected chi connectivity index (χ0v) is 16.1. The van der Waals surface area contributed by atoms with Crippen LogP contribution in [-0.4, -0.2) is 17.6 Å². The molecule has 3 nitrogen and oxygen atoms in total. The van der Waals surface area contributed by atoms with Crippen LogP contribution in [0.15, 0.2) is 18.2 Å². The van der Waals surface area contributed by atoms with E-state index >= 15 is 0 Å². The molecule has 0 aliphatic heterocycles. The zero-order chi connectivity index (χ0) is 18.1. The molecule has 1 heterocycles. The van der Waals surface area contributed by atoms with Crippen LogP contribution >= 0.6 is 0 Å². The van der Waals surface area contributed by atoms with E-state index in [1.807, 2.05) is 0 Å². The fourth-order valence-electron chi connectivity index (χ4n) is 3.35. The van der Waals surface area contributed by atoms with E-state index < -0.39 is 0 Å². The fourth-order valence-corrected chi connectivity index (χ4v) is 3.35. The Bertz CT molecular complexity index is 672. The molecule has 0 amide bonds. The van der Waals surface area contributed by atoms with E-state index in [9.17, 15) is 4.79 Å². The third kappa shape index (κ3) is 5.91. The van der Waals surface area contributed by atoms with Gasteiger partial charge in [-0.05, 0) is 37.5 Å². The van der Waals surface area contributed by atoms with Crippen molar-refractivity contribution < 1.29 is 9.53 Å². The average Bonchev–Trinajstić information content (AvgIpc) is 2.91. The van der Waals surface area contributed by atoms with Crippen molar-refractivity contribution in [1.82, 2.24) is 4.98 Å². The molecule has 0 spiro atoms. The van der Waals surface area contributed by atoms with Gasteiger partial charge in [0.15, 0.2) is 0 Å². The lowest BCUT2D eigenvalue weighted by atomic mass is 10.0. The van der Waals surface area contributed by atoms with Gasteiger partial charge in [-0.25, -0.2) is 0 Å². The number of aromatic nitrogens is 1. The fraction of sp³-hybridized carbons (Fsp3) is 0.591. The number of carbonyl (C=O) groups is 1. The highest BCUT2D eigenvalue weighted by Crippen LogP contribution is 2.25. The predicted octanol–water partition coefficient (Wildman–Crippen LogP) is 5.88. The number of hydrogen-bond donors (Lipinski definition) is 1. The van der Waals surface area contributed by atoms with Gasteiger partial charge in [0.25, 0.3) is 0 Å². The highest BCUT2D eigenvalue weighted by molar-refractivity contribution is 5.89. The highest BCUT2D eigenvalue weighted by atomic mass is 16.5. The molecule has 138 valence electrons. The molecular formula is C22H33NO2. The van der Waals surface area contributed by atoms with Crippen LogP contribution in [0.25, 0.3) is 10.9 Å². The Kier molecular flexibility index (Phi) is 8.03.